The predicted molar refractivity (Wildman–Crippen MR) is 94.0 cm³/mol. The van der Waals surface area contributed by atoms with Crippen LogP contribution in [0.3, 0.4) is 0 Å². The van der Waals surface area contributed by atoms with Gasteiger partial charge in [0.2, 0.25) is 5.82 Å². The molecule has 126 valence electrons. The van der Waals surface area contributed by atoms with Crippen LogP contribution in [0.1, 0.15) is 43.3 Å². The highest BCUT2D eigenvalue weighted by molar-refractivity contribution is 5.78. The number of hydrogen-bond donors (Lipinski definition) is 0. The summed E-state index contributed by atoms with van der Waals surface area (Å²) in [7, 11) is 0. The molecule has 0 bridgehead atoms. The van der Waals surface area contributed by atoms with Gasteiger partial charge in [-0.15, -0.1) is 4.40 Å². The van der Waals surface area contributed by atoms with Gasteiger partial charge in [-0.1, -0.05) is 50.1 Å². The topological polar surface area (TPSA) is 63.5 Å². The van der Waals surface area contributed by atoms with Crippen LogP contribution in [0.4, 0.5) is 0 Å². The van der Waals surface area contributed by atoms with E-state index < -0.39 is 0 Å². The van der Waals surface area contributed by atoms with E-state index in [1.165, 1.54) is 0 Å². The number of aryl methyl sites for hydroxylation is 2. The van der Waals surface area contributed by atoms with E-state index in [4.69, 9.17) is 0 Å². The average Bonchev–Trinajstić information content (AvgIpc) is 3.24. The van der Waals surface area contributed by atoms with Crippen molar-refractivity contribution in [3.8, 4) is 0 Å². The third kappa shape index (κ3) is 2.45. The highest BCUT2D eigenvalue weighted by atomic mass is 16.1. The lowest BCUT2D eigenvalue weighted by molar-refractivity contribution is -0.680. The Balaban J connectivity index is 1.98. The van der Waals surface area contributed by atoms with Gasteiger partial charge in [0.25, 0.3) is 0 Å². The summed E-state index contributed by atoms with van der Waals surface area (Å²) in [4.78, 5) is 17.3. The quantitative estimate of drug-likeness (QED) is 0.526. The van der Waals surface area contributed by atoms with Gasteiger partial charge in [-0.05, 0) is 17.1 Å². The minimum absolute atomic E-state index is 0.151. The first-order valence-corrected chi connectivity index (χ1v) is 8.67. The van der Waals surface area contributed by atoms with Gasteiger partial charge in [-0.2, -0.15) is 0 Å². The summed E-state index contributed by atoms with van der Waals surface area (Å²) >= 11 is 0. The standard InChI is InChI=1S/C19H20N5O/c1-3-4-8-11-23-17-15(14-9-6-5-7-10-14)12-20-16(17)18(25)24-13(2)21-22-19(23)24/h5-7,9-10,12H,3-4,8,11H2,1-2H3/q+1. The second kappa shape index (κ2) is 6.20. The molecule has 0 N–H and O–H groups in total. The SMILES string of the molecule is CCCCC[n+]1c2c(c(=O)n3c(C)nnc31)=NC=C2c1ccccc1. The van der Waals surface area contributed by atoms with Crippen LogP contribution in [0.25, 0.3) is 11.4 Å². The molecule has 6 nitrogen and oxygen atoms in total. The number of aromatic nitrogens is 4. The monoisotopic (exact) mass is 334 g/mol. The normalized spacial score (nSPS) is 13.0. The van der Waals surface area contributed by atoms with E-state index in [1.807, 2.05) is 30.3 Å². The van der Waals surface area contributed by atoms with Crippen molar-refractivity contribution in [2.75, 3.05) is 0 Å². The molecule has 0 atom stereocenters. The first kappa shape index (κ1) is 15.6. The second-order valence-electron chi connectivity index (χ2n) is 6.28. The Morgan fingerprint density at radius 2 is 1.92 bits per heavy atom. The zero-order chi connectivity index (χ0) is 17.4. The lowest BCUT2D eigenvalue weighted by atomic mass is 10.0. The second-order valence-corrected chi connectivity index (χ2v) is 6.28. The minimum Gasteiger partial charge on any atom is -0.248 e. The molecule has 0 unspecified atom stereocenters. The van der Waals surface area contributed by atoms with Crippen molar-refractivity contribution in [2.45, 2.75) is 39.7 Å². The van der Waals surface area contributed by atoms with Crippen molar-refractivity contribution in [3.63, 3.8) is 0 Å². The maximum absolute atomic E-state index is 12.9. The van der Waals surface area contributed by atoms with E-state index in [2.05, 4.69) is 26.7 Å². The zero-order valence-corrected chi connectivity index (χ0v) is 14.4. The third-order valence-electron chi connectivity index (χ3n) is 4.60. The van der Waals surface area contributed by atoms with Crippen LogP contribution >= 0.6 is 0 Å². The minimum atomic E-state index is -0.151. The van der Waals surface area contributed by atoms with E-state index in [9.17, 15) is 4.79 Å². The van der Waals surface area contributed by atoms with Crippen LogP contribution < -0.4 is 15.5 Å². The summed E-state index contributed by atoms with van der Waals surface area (Å²) in [5.41, 5.74) is 2.72. The largest absolute Gasteiger partial charge is 0.431 e. The van der Waals surface area contributed by atoms with Crippen LogP contribution in [0.5, 0.6) is 0 Å². The van der Waals surface area contributed by atoms with Crippen LogP contribution in [0, 0.1) is 6.92 Å². The van der Waals surface area contributed by atoms with Crippen molar-refractivity contribution < 1.29 is 4.57 Å². The molecular formula is C19H20N5O+. The summed E-state index contributed by atoms with van der Waals surface area (Å²) in [5.74, 6) is 1.19. The van der Waals surface area contributed by atoms with Crippen LogP contribution in [-0.2, 0) is 6.54 Å². The highest BCUT2D eigenvalue weighted by Gasteiger charge is 2.29. The molecular weight excluding hydrogens is 314 g/mol. The maximum atomic E-state index is 12.9. The van der Waals surface area contributed by atoms with Crippen molar-refractivity contribution in [3.05, 3.63) is 69.3 Å². The first-order valence-electron chi connectivity index (χ1n) is 8.67. The van der Waals surface area contributed by atoms with Crippen LogP contribution in [-0.4, -0.2) is 14.6 Å². The van der Waals surface area contributed by atoms with Crippen molar-refractivity contribution >= 4 is 11.4 Å². The number of benzene rings is 1. The van der Waals surface area contributed by atoms with Gasteiger partial charge in [0.15, 0.2) is 5.36 Å². The van der Waals surface area contributed by atoms with E-state index in [0.29, 0.717) is 17.0 Å². The molecule has 25 heavy (non-hydrogen) atoms. The molecule has 0 amide bonds. The molecule has 3 aromatic rings. The molecule has 6 heteroatoms. The van der Waals surface area contributed by atoms with Gasteiger partial charge in [0.1, 0.15) is 5.69 Å². The van der Waals surface area contributed by atoms with Gasteiger partial charge in [0.05, 0.1) is 6.54 Å². The predicted octanol–water partition coefficient (Wildman–Crippen LogP) is 1.62. The van der Waals surface area contributed by atoms with Gasteiger partial charge in [-0.25, -0.2) is 14.4 Å². The molecule has 0 radical (unpaired) electrons. The fourth-order valence-electron chi connectivity index (χ4n) is 3.34. The Labute approximate surface area is 145 Å². The number of rotatable bonds is 5. The summed E-state index contributed by atoms with van der Waals surface area (Å²) in [6.07, 6.45) is 5.08. The molecule has 0 fully saturated rings. The molecule has 3 heterocycles. The number of unbranched alkanes of at least 4 members (excludes halogenated alkanes) is 2. The Bertz CT molecular complexity index is 1080. The fraction of sp³-hybridized carbons (Fsp3) is 0.316. The van der Waals surface area contributed by atoms with E-state index in [0.717, 1.165) is 42.6 Å². The Hall–Kier alpha value is -2.89. The van der Waals surface area contributed by atoms with E-state index in [-0.39, 0.29) is 5.56 Å². The highest BCUT2D eigenvalue weighted by Crippen LogP contribution is 2.21. The molecule has 0 aliphatic carbocycles. The lowest BCUT2D eigenvalue weighted by Gasteiger charge is -2.09. The Morgan fingerprint density at radius 1 is 1.12 bits per heavy atom. The van der Waals surface area contributed by atoms with Crippen LogP contribution in [0.2, 0.25) is 0 Å². The smallest absolute Gasteiger partial charge is 0.248 e. The number of hydrogen-bond acceptors (Lipinski definition) is 4. The summed E-state index contributed by atoms with van der Waals surface area (Å²) in [5, 5.41) is 8.86. The fourth-order valence-corrected chi connectivity index (χ4v) is 3.34. The zero-order valence-electron chi connectivity index (χ0n) is 14.4. The summed E-state index contributed by atoms with van der Waals surface area (Å²) in [6.45, 7) is 4.76. The van der Waals surface area contributed by atoms with Gasteiger partial charge < -0.3 is 0 Å². The molecule has 0 saturated carbocycles. The van der Waals surface area contributed by atoms with E-state index in [1.54, 1.807) is 17.5 Å². The molecule has 1 aromatic carbocycles. The molecule has 0 saturated heterocycles. The molecule has 1 aliphatic rings. The van der Waals surface area contributed by atoms with Gasteiger partial charge in [0, 0.05) is 23.8 Å². The lowest BCUT2D eigenvalue weighted by Crippen LogP contribution is -2.51. The molecule has 0 spiro atoms. The van der Waals surface area contributed by atoms with Gasteiger partial charge in [-0.3, -0.25) is 0 Å². The van der Waals surface area contributed by atoms with Crippen molar-refractivity contribution in [1.29, 1.82) is 0 Å². The van der Waals surface area contributed by atoms with Crippen molar-refractivity contribution in [1.82, 2.24) is 14.6 Å². The number of fused-ring (bicyclic) bond motifs is 2. The van der Waals surface area contributed by atoms with E-state index >= 15 is 0 Å². The maximum Gasteiger partial charge on any atom is 0.431 e. The molecule has 2 aromatic heterocycles. The van der Waals surface area contributed by atoms with Crippen LogP contribution in [0.15, 0.2) is 46.3 Å². The average molecular weight is 334 g/mol. The summed E-state index contributed by atoms with van der Waals surface area (Å²) in [6, 6.07) is 10.0. The summed E-state index contributed by atoms with van der Waals surface area (Å²) < 4.78 is 3.66. The molecule has 1 aliphatic heterocycles. The van der Waals surface area contributed by atoms with Crippen molar-refractivity contribution in [2.24, 2.45) is 4.99 Å². The molecule has 4 rings (SSSR count). The number of nitrogens with zero attached hydrogens (tertiary/aromatic N) is 5. The third-order valence-corrected chi connectivity index (χ3v) is 4.60. The Kier molecular flexibility index (Phi) is 3.87. The van der Waals surface area contributed by atoms with Gasteiger partial charge >= 0.3 is 11.3 Å². The Morgan fingerprint density at radius 3 is 2.68 bits per heavy atom. The first-order chi connectivity index (χ1) is 12.2.